The van der Waals surface area contributed by atoms with Crippen LogP contribution >= 0.6 is 0 Å². The van der Waals surface area contributed by atoms with Crippen LogP contribution in [0.1, 0.15) is 23.1 Å². The Morgan fingerprint density at radius 3 is 2.52 bits per heavy atom. The number of benzene rings is 1. The SMILES string of the molecule is CC(=O)Nc1cc(C(=O)NCc2ccccn2)nn1-c1ccccc1. The number of hydrogen-bond donors (Lipinski definition) is 2. The van der Waals surface area contributed by atoms with Crippen molar-refractivity contribution in [2.75, 3.05) is 5.32 Å². The van der Waals surface area contributed by atoms with Gasteiger partial charge in [0.1, 0.15) is 5.82 Å². The van der Waals surface area contributed by atoms with Crippen molar-refractivity contribution >= 4 is 17.6 Å². The number of rotatable bonds is 5. The van der Waals surface area contributed by atoms with Crippen LogP contribution in [0.2, 0.25) is 0 Å². The Labute approximate surface area is 144 Å². The molecule has 7 heteroatoms. The van der Waals surface area contributed by atoms with Gasteiger partial charge in [0.2, 0.25) is 5.91 Å². The van der Waals surface area contributed by atoms with Crippen LogP contribution in [-0.4, -0.2) is 26.6 Å². The van der Waals surface area contributed by atoms with Crippen LogP contribution in [0.5, 0.6) is 0 Å². The third kappa shape index (κ3) is 4.08. The van der Waals surface area contributed by atoms with Gasteiger partial charge in [-0.25, -0.2) is 4.68 Å². The predicted octanol–water partition coefficient (Wildman–Crippen LogP) is 2.16. The average Bonchev–Trinajstić information content (AvgIpc) is 3.04. The number of hydrogen-bond acceptors (Lipinski definition) is 4. The summed E-state index contributed by atoms with van der Waals surface area (Å²) in [7, 11) is 0. The lowest BCUT2D eigenvalue weighted by molar-refractivity contribution is -0.114. The smallest absolute Gasteiger partial charge is 0.272 e. The first-order chi connectivity index (χ1) is 12.1. The van der Waals surface area contributed by atoms with Gasteiger partial charge in [-0.2, -0.15) is 5.10 Å². The van der Waals surface area contributed by atoms with E-state index in [-0.39, 0.29) is 17.5 Å². The average molecular weight is 335 g/mol. The third-order valence-electron chi connectivity index (χ3n) is 3.40. The molecule has 0 saturated heterocycles. The zero-order chi connectivity index (χ0) is 17.6. The molecule has 0 atom stereocenters. The highest BCUT2D eigenvalue weighted by molar-refractivity contribution is 5.95. The number of nitrogens with one attached hydrogen (secondary N) is 2. The normalized spacial score (nSPS) is 10.3. The van der Waals surface area contributed by atoms with Gasteiger partial charge in [0, 0.05) is 19.2 Å². The molecule has 3 aromatic rings. The van der Waals surface area contributed by atoms with E-state index in [2.05, 4.69) is 20.7 Å². The van der Waals surface area contributed by atoms with E-state index in [1.165, 1.54) is 11.6 Å². The minimum Gasteiger partial charge on any atom is -0.345 e. The number of amides is 2. The first-order valence-electron chi connectivity index (χ1n) is 7.74. The molecule has 0 spiro atoms. The zero-order valence-electron chi connectivity index (χ0n) is 13.6. The molecule has 2 N–H and O–H groups in total. The second kappa shape index (κ2) is 7.39. The van der Waals surface area contributed by atoms with E-state index in [9.17, 15) is 9.59 Å². The van der Waals surface area contributed by atoms with Crippen molar-refractivity contribution in [3.05, 3.63) is 72.2 Å². The molecule has 0 aliphatic carbocycles. The first kappa shape index (κ1) is 16.4. The van der Waals surface area contributed by atoms with Gasteiger partial charge in [0.05, 0.1) is 17.9 Å². The number of aromatic nitrogens is 3. The van der Waals surface area contributed by atoms with Crippen LogP contribution in [0, 0.1) is 0 Å². The van der Waals surface area contributed by atoms with E-state index in [0.717, 1.165) is 11.4 Å². The summed E-state index contributed by atoms with van der Waals surface area (Å²) < 4.78 is 1.52. The van der Waals surface area contributed by atoms with Crippen LogP contribution < -0.4 is 10.6 Å². The van der Waals surface area contributed by atoms with Crippen LogP contribution in [0.3, 0.4) is 0 Å². The summed E-state index contributed by atoms with van der Waals surface area (Å²) in [5, 5.41) is 9.78. The Kier molecular flexibility index (Phi) is 4.84. The van der Waals surface area contributed by atoms with Crippen molar-refractivity contribution in [1.29, 1.82) is 0 Å². The predicted molar refractivity (Wildman–Crippen MR) is 93.3 cm³/mol. The lowest BCUT2D eigenvalue weighted by atomic mass is 10.3. The molecule has 0 saturated carbocycles. The summed E-state index contributed by atoms with van der Waals surface area (Å²) in [6.45, 7) is 1.70. The molecule has 0 aliphatic rings. The van der Waals surface area contributed by atoms with E-state index in [1.54, 1.807) is 12.3 Å². The lowest BCUT2D eigenvalue weighted by Gasteiger charge is -2.06. The van der Waals surface area contributed by atoms with Crippen LogP contribution in [0.4, 0.5) is 5.82 Å². The summed E-state index contributed by atoms with van der Waals surface area (Å²) in [6.07, 6.45) is 1.67. The number of nitrogens with zero attached hydrogens (tertiary/aromatic N) is 3. The number of pyridine rings is 1. The molecule has 2 aromatic heterocycles. The largest absolute Gasteiger partial charge is 0.345 e. The molecule has 0 aliphatic heterocycles. The fourth-order valence-corrected chi connectivity index (χ4v) is 2.29. The van der Waals surface area contributed by atoms with E-state index < -0.39 is 0 Å². The molecule has 7 nitrogen and oxygen atoms in total. The molecule has 126 valence electrons. The fraction of sp³-hybridized carbons (Fsp3) is 0.111. The molecular formula is C18H17N5O2. The van der Waals surface area contributed by atoms with Crippen LogP contribution in [0.15, 0.2) is 60.8 Å². The summed E-state index contributed by atoms with van der Waals surface area (Å²) in [5.74, 6) is -0.147. The Hall–Kier alpha value is -3.48. The monoisotopic (exact) mass is 335 g/mol. The van der Waals surface area contributed by atoms with E-state index in [0.29, 0.717) is 12.4 Å². The van der Waals surface area contributed by atoms with Gasteiger partial charge in [0.25, 0.3) is 5.91 Å². The highest BCUT2D eigenvalue weighted by atomic mass is 16.2. The molecule has 0 bridgehead atoms. The molecule has 0 fully saturated rings. The van der Waals surface area contributed by atoms with E-state index >= 15 is 0 Å². The fourth-order valence-electron chi connectivity index (χ4n) is 2.29. The molecule has 1 aromatic carbocycles. The van der Waals surface area contributed by atoms with Crippen LogP contribution in [0.25, 0.3) is 5.69 Å². The number of anilines is 1. The molecular weight excluding hydrogens is 318 g/mol. The second-order valence-electron chi connectivity index (χ2n) is 5.35. The van der Waals surface area contributed by atoms with Crippen molar-refractivity contribution in [2.24, 2.45) is 0 Å². The highest BCUT2D eigenvalue weighted by Crippen LogP contribution is 2.17. The standard InChI is InChI=1S/C18H17N5O2/c1-13(24)21-17-11-16(22-23(17)15-8-3-2-4-9-15)18(25)20-12-14-7-5-6-10-19-14/h2-11H,12H2,1H3,(H,20,25)(H,21,24). The maximum atomic E-state index is 12.4. The summed E-state index contributed by atoms with van der Waals surface area (Å²) in [6, 6.07) is 16.3. The van der Waals surface area contributed by atoms with Gasteiger partial charge in [0.15, 0.2) is 5.69 Å². The second-order valence-corrected chi connectivity index (χ2v) is 5.35. The summed E-state index contributed by atoms with van der Waals surface area (Å²) in [5.41, 5.74) is 1.71. The Morgan fingerprint density at radius 2 is 1.84 bits per heavy atom. The Balaban J connectivity index is 1.82. The minimum absolute atomic E-state index is 0.212. The Bertz CT molecular complexity index is 875. The summed E-state index contributed by atoms with van der Waals surface area (Å²) >= 11 is 0. The van der Waals surface area contributed by atoms with Gasteiger partial charge in [-0.15, -0.1) is 0 Å². The van der Waals surface area contributed by atoms with Crippen molar-refractivity contribution in [3.8, 4) is 5.69 Å². The first-order valence-corrected chi connectivity index (χ1v) is 7.74. The van der Waals surface area contributed by atoms with Crippen molar-refractivity contribution in [3.63, 3.8) is 0 Å². The third-order valence-corrected chi connectivity index (χ3v) is 3.40. The summed E-state index contributed by atoms with van der Waals surface area (Å²) in [4.78, 5) is 28.0. The van der Waals surface area contributed by atoms with Gasteiger partial charge in [-0.1, -0.05) is 24.3 Å². The molecule has 2 amide bonds. The van der Waals surface area contributed by atoms with Gasteiger partial charge >= 0.3 is 0 Å². The highest BCUT2D eigenvalue weighted by Gasteiger charge is 2.16. The maximum Gasteiger partial charge on any atom is 0.272 e. The number of carbonyl (C=O) groups excluding carboxylic acids is 2. The topological polar surface area (TPSA) is 88.9 Å². The lowest BCUT2D eigenvalue weighted by Crippen LogP contribution is -2.23. The molecule has 25 heavy (non-hydrogen) atoms. The molecule has 0 unspecified atom stereocenters. The quantitative estimate of drug-likeness (QED) is 0.748. The molecule has 2 heterocycles. The number of carbonyl (C=O) groups is 2. The van der Waals surface area contributed by atoms with Crippen molar-refractivity contribution < 1.29 is 9.59 Å². The minimum atomic E-state index is -0.341. The van der Waals surface area contributed by atoms with Crippen molar-refractivity contribution in [2.45, 2.75) is 13.5 Å². The van der Waals surface area contributed by atoms with Crippen molar-refractivity contribution in [1.82, 2.24) is 20.1 Å². The van der Waals surface area contributed by atoms with E-state index in [1.807, 2.05) is 48.5 Å². The van der Waals surface area contributed by atoms with Gasteiger partial charge < -0.3 is 10.6 Å². The maximum absolute atomic E-state index is 12.4. The number of para-hydroxylation sites is 1. The Morgan fingerprint density at radius 1 is 1.08 bits per heavy atom. The molecule has 3 rings (SSSR count). The van der Waals surface area contributed by atoms with Gasteiger partial charge in [-0.05, 0) is 24.3 Å². The van der Waals surface area contributed by atoms with E-state index in [4.69, 9.17) is 0 Å². The zero-order valence-corrected chi connectivity index (χ0v) is 13.6. The van der Waals surface area contributed by atoms with Crippen LogP contribution in [-0.2, 0) is 11.3 Å². The molecule has 0 radical (unpaired) electrons. The van der Waals surface area contributed by atoms with Gasteiger partial charge in [-0.3, -0.25) is 14.6 Å².